The topological polar surface area (TPSA) is 6.48 Å². The highest BCUT2D eigenvalue weighted by molar-refractivity contribution is 5.24. The van der Waals surface area contributed by atoms with Crippen molar-refractivity contribution in [3.8, 4) is 0 Å². The fourth-order valence-electron chi connectivity index (χ4n) is 3.63. The lowest BCUT2D eigenvalue weighted by atomic mass is 9.98. The van der Waals surface area contributed by atoms with Gasteiger partial charge in [0, 0.05) is 32.2 Å². The summed E-state index contributed by atoms with van der Waals surface area (Å²) in [6.45, 7) is 10.8. The van der Waals surface area contributed by atoms with Gasteiger partial charge in [-0.15, -0.1) is 0 Å². The molecule has 2 aliphatic rings. The van der Waals surface area contributed by atoms with E-state index in [1.54, 1.807) is 0 Å². The maximum absolute atomic E-state index is 2.71. The van der Waals surface area contributed by atoms with E-state index in [1.165, 1.54) is 56.6 Å². The minimum Gasteiger partial charge on any atom is -0.298 e. The van der Waals surface area contributed by atoms with Crippen LogP contribution in [0.1, 0.15) is 50.2 Å². The molecule has 1 aromatic rings. The molecule has 2 fully saturated rings. The Balaban J connectivity index is 1.57. The Morgan fingerprint density at radius 2 is 1.85 bits per heavy atom. The average molecular weight is 272 g/mol. The lowest BCUT2D eigenvalue weighted by molar-refractivity contribution is 0.0457. The minimum atomic E-state index is 0.634. The summed E-state index contributed by atoms with van der Waals surface area (Å²) in [5, 5.41) is 0. The van der Waals surface area contributed by atoms with Crippen LogP contribution in [-0.4, -0.2) is 42.0 Å². The molecule has 0 bridgehead atoms. The van der Waals surface area contributed by atoms with E-state index in [-0.39, 0.29) is 0 Å². The van der Waals surface area contributed by atoms with E-state index in [1.807, 2.05) is 0 Å². The molecule has 2 saturated heterocycles. The van der Waals surface area contributed by atoms with Crippen molar-refractivity contribution in [1.82, 2.24) is 9.80 Å². The SMILES string of the molecule is CC(C)c1ccc(CN2CCN3CCCCC3C2)cc1. The van der Waals surface area contributed by atoms with E-state index >= 15 is 0 Å². The van der Waals surface area contributed by atoms with Crippen LogP contribution in [0, 0.1) is 0 Å². The van der Waals surface area contributed by atoms with Gasteiger partial charge in [0.1, 0.15) is 0 Å². The highest BCUT2D eigenvalue weighted by atomic mass is 15.3. The van der Waals surface area contributed by atoms with Crippen LogP contribution in [0.15, 0.2) is 24.3 Å². The molecule has 1 unspecified atom stereocenters. The molecule has 0 aliphatic carbocycles. The van der Waals surface area contributed by atoms with Gasteiger partial charge >= 0.3 is 0 Å². The Kier molecular flexibility index (Phi) is 4.42. The second kappa shape index (κ2) is 6.28. The van der Waals surface area contributed by atoms with E-state index < -0.39 is 0 Å². The maximum atomic E-state index is 2.71. The summed E-state index contributed by atoms with van der Waals surface area (Å²) in [6, 6.07) is 10.1. The molecule has 110 valence electrons. The lowest BCUT2D eigenvalue weighted by Crippen LogP contribution is -2.54. The summed E-state index contributed by atoms with van der Waals surface area (Å²) in [5.74, 6) is 0.634. The number of hydrogen-bond acceptors (Lipinski definition) is 2. The van der Waals surface area contributed by atoms with E-state index in [2.05, 4.69) is 47.9 Å². The average Bonchev–Trinajstić information content (AvgIpc) is 2.48. The standard InChI is InChI=1S/C18H28N2/c1-15(2)17-8-6-16(7-9-17)13-19-11-12-20-10-4-3-5-18(20)14-19/h6-9,15,18H,3-5,10-14H2,1-2H3. The first-order chi connectivity index (χ1) is 9.72. The smallest absolute Gasteiger partial charge is 0.0234 e. The molecule has 20 heavy (non-hydrogen) atoms. The van der Waals surface area contributed by atoms with Gasteiger partial charge in [0.15, 0.2) is 0 Å². The quantitative estimate of drug-likeness (QED) is 0.831. The van der Waals surface area contributed by atoms with E-state index in [0.717, 1.165) is 12.6 Å². The zero-order valence-electron chi connectivity index (χ0n) is 13.0. The Morgan fingerprint density at radius 3 is 2.60 bits per heavy atom. The number of rotatable bonds is 3. The third-order valence-electron chi connectivity index (χ3n) is 4.97. The Hall–Kier alpha value is -0.860. The summed E-state index contributed by atoms with van der Waals surface area (Å²) < 4.78 is 0. The molecule has 1 atom stereocenters. The molecule has 2 nitrogen and oxygen atoms in total. The molecule has 0 aromatic heterocycles. The second-order valence-electron chi connectivity index (χ2n) is 6.82. The summed E-state index contributed by atoms with van der Waals surface area (Å²) in [6.07, 6.45) is 4.24. The first kappa shape index (κ1) is 14.1. The van der Waals surface area contributed by atoms with Gasteiger partial charge in [-0.05, 0) is 36.4 Å². The highest BCUT2D eigenvalue weighted by Gasteiger charge is 2.28. The zero-order chi connectivity index (χ0) is 13.9. The normalized spacial score (nSPS) is 24.9. The number of fused-ring (bicyclic) bond motifs is 1. The van der Waals surface area contributed by atoms with Crippen LogP contribution < -0.4 is 0 Å². The Bertz CT molecular complexity index is 424. The van der Waals surface area contributed by atoms with Crippen LogP contribution in [-0.2, 0) is 6.54 Å². The van der Waals surface area contributed by atoms with Crippen molar-refractivity contribution in [2.45, 2.75) is 51.6 Å². The van der Waals surface area contributed by atoms with Crippen molar-refractivity contribution in [3.63, 3.8) is 0 Å². The minimum absolute atomic E-state index is 0.634. The van der Waals surface area contributed by atoms with Gasteiger partial charge in [-0.25, -0.2) is 0 Å². The van der Waals surface area contributed by atoms with Gasteiger partial charge in [-0.1, -0.05) is 44.5 Å². The van der Waals surface area contributed by atoms with Crippen molar-refractivity contribution in [1.29, 1.82) is 0 Å². The third kappa shape index (κ3) is 3.24. The summed E-state index contributed by atoms with van der Waals surface area (Å²) in [4.78, 5) is 5.36. The summed E-state index contributed by atoms with van der Waals surface area (Å²) >= 11 is 0. The van der Waals surface area contributed by atoms with Crippen molar-refractivity contribution in [2.75, 3.05) is 26.2 Å². The lowest BCUT2D eigenvalue weighted by Gasteiger charge is -2.44. The van der Waals surface area contributed by atoms with Crippen LogP contribution in [0.5, 0.6) is 0 Å². The van der Waals surface area contributed by atoms with Crippen LogP contribution in [0.3, 0.4) is 0 Å². The Morgan fingerprint density at radius 1 is 1.05 bits per heavy atom. The molecular formula is C18H28N2. The van der Waals surface area contributed by atoms with Crippen LogP contribution in [0.2, 0.25) is 0 Å². The van der Waals surface area contributed by atoms with Gasteiger partial charge in [-0.3, -0.25) is 9.80 Å². The first-order valence-electron chi connectivity index (χ1n) is 8.27. The van der Waals surface area contributed by atoms with Crippen molar-refractivity contribution in [3.05, 3.63) is 35.4 Å². The molecule has 3 rings (SSSR count). The number of nitrogens with zero attached hydrogens (tertiary/aromatic N) is 2. The van der Waals surface area contributed by atoms with E-state index in [0.29, 0.717) is 5.92 Å². The third-order valence-corrected chi connectivity index (χ3v) is 4.97. The van der Waals surface area contributed by atoms with E-state index in [9.17, 15) is 0 Å². The number of hydrogen-bond donors (Lipinski definition) is 0. The Labute approximate surface area is 123 Å². The fourth-order valence-corrected chi connectivity index (χ4v) is 3.63. The van der Waals surface area contributed by atoms with Crippen molar-refractivity contribution >= 4 is 0 Å². The molecule has 2 aliphatic heterocycles. The van der Waals surface area contributed by atoms with E-state index in [4.69, 9.17) is 0 Å². The predicted octanol–water partition coefficient (Wildman–Crippen LogP) is 3.48. The molecule has 2 heterocycles. The largest absolute Gasteiger partial charge is 0.298 e. The van der Waals surface area contributed by atoms with Crippen LogP contribution in [0.25, 0.3) is 0 Å². The molecule has 1 aromatic carbocycles. The first-order valence-corrected chi connectivity index (χ1v) is 8.27. The monoisotopic (exact) mass is 272 g/mol. The predicted molar refractivity (Wildman–Crippen MR) is 85.0 cm³/mol. The second-order valence-corrected chi connectivity index (χ2v) is 6.82. The van der Waals surface area contributed by atoms with Crippen LogP contribution in [0.4, 0.5) is 0 Å². The zero-order valence-corrected chi connectivity index (χ0v) is 13.0. The van der Waals surface area contributed by atoms with Gasteiger partial charge in [0.25, 0.3) is 0 Å². The van der Waals surface area contributed by atoms with Gasteiger partial charge in [0.05, 0.1) is 0 Å². The fraction of sp³-hybridized carbons (Fsp3) is 0.667. The molecule has 0 N–H and O–H groups in total. The van der Waals surface area contributed by atoms with Gasteiger partial charge in [0.2, 0.25) is 0 Å². The number of piperazine rings is 1. The molecular weight excluding hydrogens is 244 g/mol. The van der Waals surface area contributed by atoms with Crippen LogP contribution >= 0.6 is 0 Å². The molecule has 0 spiro atoms. The molecule has 0 amide bonds. The number of benzene rings is 1. The molecule has 0 radical (unpaired) electrons. The highest BCUT2D eigenvalue weighted by Crippen LogP contribution is 2.22. The summed E-state index contributed by atoms with van der Waals surface area (Å²) in [7, 11) is 0. The van der Waals surface area contributed by atoms with Gasteiger partial charge in [-0.2, -0.15) is 0 Å². The van der Waals surface area contributed by atoms with Crippen molar-refractivity contribution in [2.24, 2.45) is 0 Å². The van der Waals surface area contributed by atoms with Gasteiger partial charge < -0.3 is 0 Å². The maximum Gasteiger partial charge on any atom is 0.0234 e. The summed E-state index contributed by atoms with van der Waals surface area (Å²) in [5.41, 5.74) is 2.92. The number of piperidine rings is 1. The molecule has 2 heteroatoms. The van der Waals surface area contributed by atoms with Crippen molar-refractivity contribution < 1.29 is 0 Å². The molecule has 0 saturated carbocycles.